The van der Waals surface area contributed by atoms with E-state index in [9.17, 15) is 9.59 Å². The van der Waals surface area contributed by atoms with Gasteiger partial charge in [-0.2, -0.15) is 0 Å². The monoisotopic (exact) mass is 360 g/mol. The Labute approximate surface area is 130 Å². The lowest BCUT2D eigenvalue weighted by Gasteiger charge is -2.36. The molecule has 0 saturated carbocycles. The van der Waals surface area contributed by atoms with Crippen LogP contribution in [-0.4, -0.2) is 39.5 Å². The van der Waals surface area contributed by atoms with Crippen LogP contribution in [0.5, 0.6) is 0 Å². The van der Waals surface area contributed by atoms with Crippen LogP contribution >= 0.6 is 27.5 Å². The molecule has 0 aliphatic carbocycles. The van der Waals surface area contributed by atoms with Crippen LogP contribution in [0.1, 0.15) is 30.1 Å². The van der Waals surface area contributed by atoms with Gasteiger partial charge in [0.1, 0.15) is 5.15 Å². The first-order chi connectivity index (χ1) is 9.40. The molecule has 2 unspecified atom stereocenters. The number of piperidine rings is 1. The predicted molar refractivity (Wildman–Crippen MR) is 77.8 cm³/mol. The van der Waals surface area contributed by atoms with Gasteiger partial charge in [-0.05, 0) is 41.8 Å². The Morgan fingerprint density at radius 2 is 2.25 bits per heavy atom. The molecule has 1 saturated heterocycles. The van der Waals surface area contributed by atoms with Gasteiger partial charge < -0.3 is 10.0 Å². The number of aromatic nitrogens is 1. The van der Waals surface area contributed by atoms with Crippen molar-refractivity contribution in [3.8, 4) is 0 Å². The van der Waals surface area contributed by atoms with Crippen molar-refractivity contribution in [1.29, 1.82) is 0 Å². The van der Waals surface area contributed by atoms with Gasteiger partial charge in [-0.15, -0.1) is 0 Å². The summed E-state index contributed by atoms with van der Waals surface area (Å²) < 4.78 is 0.679. The number of halogens is 2. The highest BCUT2D eigenvalue weighted by molar-refractivity contribution is 9.10. The van der Waals surface area contributed by atoms with E-state index in [0.717, 1.165) is 0 Å². The third kappa shape index (κ3) is 3.12. The van der Waals surface area contributed by atoms with E-state index in [1.807, 2.05) is 6.92 Å². The minimum Gasteiger partial charge on any atom is -0.481 e. The zero-order valence-electron chi connectivity index (χ0n) is 10.8. The van der Waals surface area contributed by atoms with E-state index >= 15 is 0 Å². The maximum atomic E-state index is 12.5. The Bertz CT molecular complexity index is 552. The van der Waals surface area contributed by atoms with Crippen molar-refractivity contribution in [2.45, 2.75) is 25.8 Å². The van der Waals surface area contributed by atoms with Gasteiger partial charge in [0.2, 0.25) is 0 Å². The van der Waals surface area contributed by atoms with Crippen LogP contribution in [0.3, 0.4) is 0 Å². The van der Waals surface area contributed by atoms with Gasteiger partial charge in [0, 0.05) is 23.3 Å². The summed E-state index contributed by atoms with van der Waals surface area (Å²) in [5.74, 6) is -1.39. The number of nitrogens with zero attached hydrogens (tertiary/aromatic N) is 2. The molecule has 20 heavy (non-hydrogen) atoms. The van der Waals surface area contributed by atoms with Crippen LogP contribution in [0.2, 0.25) is 5.15 Å². The highest BCUT2D eigenvalue weighted by Crippen LogP contribution is 2.27. The summed E-state index contributed by atoms with van der Waals surface area (Å²) in [4.78, 5) is 29.1. The summed E-state index contributed by atoms with van der Waals surface area (Å²) in [6, 6.07) is 1.50. The third-order valence-corrected chi connectivity index (χ3v) is 4.26. The fourth-order valence-corrected chi connectivity index (χ4v) is 2.94. The molecule has 1 fully saturated rings. The molecule has 2 atom stereocenters. The summed E-state index contributed by atoms with van der Waals surface area (Å²) in [6.07, 6.45) is 2.45. The van der Waals surface area contributed by atoms with Crippen LogP contribution in [0.4, 0.5) is 0 Å². The van der Waals surface area contributed by atoms with E-state index in [1.54, 1.807) is 11.0 Å². The zero-order chi connectivity index (χ0) is 14.9. The van der Waals surface area contributed by atoms with E-state index < -0.39 is 5.97 Å². The number of aliphatic carboxylic acids is 1. The Hall–Kier alpha value is -1.14. The maximum Gasteiger partial charge on any atom is 0.306 e. The topological polar surface area (TPSA) is 70.5 Å². The molecule has 2 rings (SSSR count). The number of pyridine rings is 1. The molecule has 1 amide bonds. The van der Waals surface area contributed by atoms with E-state index in [0.29, 0.717) is 29.4 Å². The summed E-state index contributed by atoms with van der Waals surface area (Å²) in [7, 11) is 0. The van der Waals surface area contributed by atoms with E-state index in [2.05, 4.69) is 20.9 Å². The number of hydrogen-bond donors (Lipinski definition) is 1. The van der Waals surface area contributed by atoms with Crippen molar-refractivity contribution in [3.63, 3.8) is 0 Å². The lowest BCUT2D eigenvalue weighted by atomic mass is 9.91. The molecule has 1 aromatic heterocycles. The van der Waals surface area contributed by atoms with Crippen LogP contribution < -0.4 is 0 Å². The zero-order valence-corrected chi connectivity index (χ0v) is 13.2. The summed E-state index contributed by atoms with van der Waals surface area (Å²) in [6.45, 7) is 2.27. The predicted octanol–water partition coefficient (Wildman–Crippen LogP) is 2.82. The molecular formula is C13H14BrClN2O3. The fourth-order valence-electron chi connectivity index (χ4n) is 2.43. The van der Waals surface area contributed by atoms with Gasteiger partial charge in [-0.1, -0.05) is 11.6 Å². The number of carboxylic acid groups (broad SMARTS) is 1. The van der Waals surface area contributed by atoms with Gasteiger partial charge in [0.15, 0.2) is 0 Å². The third-order valence-electron chi connectivity index (χ3n) is 3.52. The first-order valence-corrected chi connectivity index (χ1v) is 7.42. The first-order valence-electron chi connectivity index (χ1n) is 6.25. The number of hydrogen-bond acceptors (Lipinski definition) is 3. The highest BCUT2D eigenvalue weighted by Gasteiger charge is 2.33. The largest absolute Gasteiger partial charge is 0.481 e. The molecule has 1 aromatic rings. The molecule has 1 aliphatic rings. The summed E-state index contributed by atoms with van der Waals surface area (Å²) in [5, 5.41) is 9.20. The van der Waals surface area contributed by atoms with Gasteiger partial charge >= 0.3 is 5.97 Å². The average molecular weight is 362 g/mol. The fraction of sp³-hybridized carbons (Fsp3) is 0.462. The summed E-state index contributed by atoms with van der Waals surface area (Å²) in [5.41, 5.74) is 0.335. The molecule has 1 N–H and O–H groups in total. The van der Waals surface area contributed by atoms with Crippen LogP contribution in [0, 0.1) is 5.92 Å². The first kappa shape index (κ1) is 15.3. The molecule has 0 radical (unpaired) electrons. The van der Waals surface area contributed by atoms with Gasteiger partial charge in [-0.3, -0.25) is 9.59 Å². The average Bonchev–Trinajstić information content (AvgIpc) is 2.40. The van der Waals surface area contributed by atoms with Crippen molar-refractivity contribution in [1.82, 2.24) is 9.88 Å². The number of carbonyl (C=O) groups excluding carboxylic acids is 1. The summed E-state index contributed by atoms with van der Waals surface area (Å²) >= 11 is 9.23. The number of carboxylic acids is 1. The Balaban J connectivity index is 2.18. The number of rotatable bonds is 2. The molecule has 2 heterocycles. The molecule has 7 heteroatoms. The molecule has 5 nitrogen and oxygen atoms in total. The lowest BCUT2D eigenvalue weighted by molar-refractivity contribution is -0.143. The second-order valence-electron chi connectivity index (χ2n) is 4.90. The van der Waals surface area contributed by atoms with Crippen LogP contribution in [0.15, 0.2) is 16.7 Å². The van der Waals surface area contributed by atoms with Crippen LogP contribution in [-0.2, 0) is 4.79 Å². The van der Waals surface area contributed by atoms with Gasteiger partial charge in [0.25, 0.3) is 5.91 Å². The molecule has 0 spiro atoms. The van der Waals surface area contributed by atoms with Crippen LogP contribution in [0.25, 0.3) is 0 Å². The van der Waals surface area contributed by atoms with Crippen molar-refractivity contribution in [2.24, 2.45) is 5.92 Å². The Morgan fingerprint density at radius 1 is 1.55 bits per heavy atom. The SMILES string of the molecule is CC1CC(C(=O)O)CCN1C(=O)c1cc(Br)cnc1Cl. The second kappa shape index (κ2) is 6.10. The van der Waals surface area contributed by atoms with E-state index in [4.69, 9.17) is 16.7 Å². The number of carbonyl (C=O) groups is 2. The normalized spacial score (nSPS) is 22.6. The van der Waals surface area contributed by atoms with E-state index in [-0.39, 0.29) is 23.0 Å². The molecule has 0 bridgehead atoms. The highest BCUT2D eigenvalue weighted by atomic mass is 79.9. The quantitative estimate of drug-likeness (QED) is 0.822. The minimum atomic E-state index is -0.800. The molecule has 0 aromatic carbocycles. The smallest absolute Gasteiger partial charge is 0.306 e. The van der Waals surface area contributed by atoms with Crippen molar-refractivity contribution < 1.29 is 14.7 Å². The number of amides is 1. The standard InChI is InChI=1S/C13H14BrClN2O3/c1-7-4-8(13(19)20)2-3-17(7)12(18)10-5-9(14)6-16-11(10)15/h5-8H,2-4H2,1H3,(H,19,20). The van der Waals surface area contributed by atoms with E-state index in [1.165, 1.54) is 6.20 Å². The molecule has 1 aliphatic heterocycles. The molecule has 108 valence electrons. The maximum absolute atomic E-state index is 12.5. The Morgan fingerprint density at radius 3 is 2.85 bits per heavy atom. The molecular weight excluding hydrogens is 348 g/mol. The van der Waals surface area contributed by atoms with Gasteiger partial charge in [-0.25, -0.2) is 4.98 Å². The Kier molecular flexibility index (Phi) is 4.65. The minimum absolute atomic E-state index is 0.132. The van der Waals surface area contributed by atoms with Gasteiger partial charge in [0.05, 0.1) is 11.5 Å². The number of likely N-dealkylation sites (tertiary alicyclic amines) is 1. The second-order valence-corrected chi connectivity index (χ2v) is 6.17. The van der Waals surface area contributed by atoms with Crippen molar-refractivity contribution >= 4 is 39.4 Å². The van der Waals surface area contributed by atoms with Crippen molar-refractivity contribution in [2.75, 3.05) is 6.54 Å². The van der Waals surface area contributed by atoms with Crippen molar-refractivity contribution in [3.05, 3.63) is 27.5 Å². The lowest BCUT2D eigenvalue weighted by Crippen LogP contribution is -2.46.